The number of benzene rings is 2. The molecule has 0 atom stereocenters. The molecule has 2 aromatic carbocycles. The Morgan fingerprint density at radius 2 is 1.28 bits per heavy atom. The van der Waals surface area contributed by atoms with Gasteiger partial charge in [0.15, 0.2) is 0 Å². The van der Waals surface area contributed by atoms with Gasteiger partial charge in [-0.05, 0) is 63.8 Å². The van der Waals surface area contributed by atoms with Crippen molar-refractivity contribution in [2.45, 2.75) is 61.3 Å². The summed E-state index contributed by atoms with van der Waals surface area (Å²) in [6, 6.07) is 15.1. The van der Waals surface area contributed by atoms with E-state index in [1.807, 2.05) is 29.7 Å². The second-order valence-electron chi connectivity index (χ2n) is 9.56. The molecule has 0 spiro atoms. The average molecular weight is 612 g/mol. The van der Waals surface area contributed by atoms with Crippen LogP contribution in [0.3, 0.4) is 0 Å². The molecule has 1 aliphatic heterocycles. The third-order valence-electron chi connectivity index (χ3n) is 6.16. The number of pyridine rings is 1. The number of hydrogen-bond acceptors (Lipinski definition) is 3. The van der Waals surface area contributed by atoms with Gasteiger partial charge in [-0.25, -0.2) is 0 Å². The van der Waals surface area contributed by atoms with Crippen LogP contribution >= 0.6 is 19.4 Å². The fourth-order valence-corrected chi connectivity index (χ4v) is 6.52. The zero-order valence-electron chi connectivity index (χ0n) is 22.4. The summed E-state index contributed by atoms with van der Waals surface area (Å²) in [6.07, 6.45) is 1.87. The summed E-state index contributed by atoms with van der Waals surface area (Å²) in [5.41, 5.74) is 12.7. The third-order valence-corrected chi connectivity index (χ3v) is 8.49. The Labute approximate surface area is 231 Å². The summed E-state index contributed by atoms with van der Waals surface area (Å²) in [5.74, 6) is 0. The fraction of sp³-hybridized carbons (Fsp3) is 0.367. The van der Waals surface area contributed by atoms with Crippen LogP contribution in [0.1, 0.15) is 51.2 Å². The third kappa shape index (κ3) is 7.88. The maximum atomic E-state index is 5.71. The van der Waals surface area contributed by atoms with Gasteiger partial charge in [0.1, 0.15) is 0 Å². The van der Waals surface area contributed by atoms with Crippen LogP contribution in [0.5, 0.6) is 0 Å². The first kappa shape index (κ1) is 28.8. The molecule has 3 aromatic rings. The molecule has 2 radical (unpaired) electrons. The molecule has 0 amide bonds. The van der Waals surface area contributed by atoms with Crippen LogP contribution in [0.2, 0.25) is 0 Å². The van der Waals surface area contributed by atoms with Crippen LogP contribution in [-0.2, 0) is 19.9 Å². The molecule has 4 rings (SSSR count). The van der Waals surface area contributed by atoms with E-state index in [0.717, 1.165) is 37.3 Å². The van der Waals surface area contributed by atoms with E-state index in [-0.39, 0.29) is 0 Å². The molecule has 6 heteroatoms. The Morgan fingerprint density at radius 3 is 1.69 bits per heavy atom. The summed E-state index contributed by atoms with van der Waals surface area (Å²) in [4.78, 5) is 8.94. The molecule has 1 saturated heterocycles. The fourth-order valence-electron chi connectivity index (χ4n) is 4.98. The van der Waals surface area contributed by atoms with Gasteiger partial charge >= 0.3 is 91.8 Å². The first-order valence-electron chi connectivity index (χ1n) is 12.3. The molecular weight excluding hydrogens is 574 g/mol. The van der Waals surface area contributed by atoms with Gasteiger partial charge in [-0.15, -0.1) is 0 Å². The second kappa shape index (κ2) is 13.2. The van der Waals surface area contributed by atoms with Gasteiger partial charge in [0, 0.05) is 24.5 Å². The van der Waals surface area contributed by atoms with Gasteiger partial charge in [-0.3, -0.25) is 0 Å². The minimum atomic E-state index is -1.57. The number of rotatable bonds is 5. The summed E-state index contributed by atoms with van der Waals surface area (Å²) in [6.45, 7) is 20.7. The van der Waals surface area contributed by atoms with Crippen molar-refractivity contribution in [3.63, 3.8) is 0 Å². The topological polar surface area (TPSA) is 19.4 Å². The van der Waals surface area contributed by atoms with E-state index in [9.17, 15) is 0 Å². The van der Waals surface area contributed by atoms with E-state index in [4.69, 9.17) is 19.4 Å². The quantitative estimate of drug-likeness (QED) is 0.274. The van der Waals surface area contributed by atoms with E-state index in [1.54, 1.807) is 0 Å². The van der Waals surface area contributed by atoms with E-state index in [1.165, 1.54) is 44.8 Å². The summed E-state index contributed by atoms with van der Waals surface area (Å²) in [5, 5.41) is 0. The minimum absolute atomic E-state index is 0.933. The van der Waals surface area contributed by atoms with Crippen LogP contribution < -0.4 is 9.80 Å². The molecule has 3 nitrogen and oxygen atoms in total. The number of hydrogen-bond donors (Lipinski definition) is 0. The Balaban J connectivity index is 0.000000236. The summed E-state index contributed by atoms with van der Waals surface area (Å²) >= 11 is -1.57. The van der Waals surface area contributed by atoms with Gasteiger partial charge < -0.3 is 9.80 Å². The van der Waals surface area contributed by atoms with Crippen molar-refractivity contribution in [1.82, 2.24) is 4.98 Å². The molecular formula is C30H37Cl2N3Ru. The molecule has 0 saturated carbocycles. The van der Waals surface area contributed by atoms with Crippen LogP contribution in [0.4, 0.5) is 11.4 Å². The average Bonchev–Trinajstić information content (AvgIpc) is 3.21. The van der Waals surface area contributed by atoms with Crippen molar-refractivity contribution in [3.8, 4) is 0 Å². The van der Waals surface area contributed by atoms with Gasteiger partial charge in [0.05, 0.1) is 0 Å². The standard InChI is InChI=1S/C21H26N2.C9H11N.2ClH.Ru/c1-14-9-16(3)20(17(4)10-14)22-7-8-23(13-22)21-18(5)11-15(2)12-19(21)6;1-3-5-9-7-4-6-8(2)10-9;;;/h9-12H,7-8H2,1-6H3;1,4,6-7H,3,5H2,2H3;2*1H;/q;;;;+2/p-2. The Kier molecular flexibility index (Phi) is 10.6. The predicted octanol–water partition coefficient (Wildman–Crippen LogP) is 7.91. The van der Waals surface area contributed by atoms with Crippen molar-refractivity contribution in [3.05, 3.63) is 93.9 Å². The summed E-state index contributed by atoms with van der Waals surface area (Å²) in [7, 11) is 11.4. The Morgan fingerprint density at radius 1 is 0.806 bits per heavy atom. The van der Waals surface area contributed by atoms with Crippen LogP contribution in [0, 0.1) is 55.1 Å². The normalized spacial score (nSPS) is 13.4. The number of halogens is 2. The zero-order valence-corrected chi connectivity index (χ0v) is 25.6. The van der Waals surface area contributed by atoms with Crippen LogP contribution in [0.15, 0.2) is 42.5 Å². The molecule has 1 aliphatic rings. The van der Waals surface area contributed by atoms with E-state index in [2.05, 4.69) is 87.3 Å². The Hall–Kier alpha value is -1.74. The first-order chi connectivity index (χ1) is 17.0. The SMILES string of the molecule is Cc1cc(C)c(N2[C]N(c3c(C)cc(C)cc3C)CC2)c(C)c1.Cc1cccc(CC[CH]=[Ru]([Cl])[Cl])n1. The number of anilines is 2. The number of aryl methyl sites for hydroxylation is 8. The molecule has 0 aliphatic carbocycles. The van der Waals surface area contributed by atoms with E-state index >= 15 is 0 Å². The zero-order chi connectivity index (χ0) is 26.4. The predicted molar refractivity (Wildman–Crippen MR) is 154 cm³/mol. The first-order valence-corrected chi connectivity index (χ1v) is 17.7. The van der Waals surface area contributed by atoms with Crippen LogP contribution in [0.25, 0.3) is 0 Å². The van der Waals surface area contributed by atoms with Crippen molar-refractivity contribution < 1.29 is 13.5 Å². The van der Waals surface area contributed by atoms with Crippen molar-refractivity contribution >= 4 is 35.4 Å². The van der Waals surface area contributed by atoms with Gasteiger partial charge in [-0.1, -0.05) is 35.4 Å². The molecule has 1 fully saturated rings. The van der Waals surface area contributed by atoms with Crippen molar-refractivity contribution in [2.24, 2.45) is 0 Å². The number of nitrogens with zero attached hydrogens (tertiary/aromatic N) is 3. The second-order valence-corrected chi connectivity index (χ2v) is 15.5. The Bertz CT molecular complexity index is 1130. The van der Waals surface area contributed by atoms with Crippen molar-refractivity contribution in [2.75, 3.05) is 22.9 Å². The van der Waals surface area contributed by atoms with Crippen LogP contribution in [-0.4, -0.2) is 22.7 Å². The summed E-state index contributed by atoms with van der Waals surface area (Å²) < 4.78 is 2.01. The van der Waals surface area contributed by atoms with E-state index < -0.39 is 13.5 Å². The number of aromatic nitrogens is 1. The molecule has 194 valence electrons. The van der Waals surface area contributed by atoms with Gasteiger partial charge in [0.25, 0.3) is 0 Å². The molecule has 1 aromatic heterocycles. The van der Waals surface area contributed by atoms with E-state index in [0.29, 0.717) is 0 Å². The molecule has 0 N–H and O–H groups in total. The van der Waals surface area contributed by atoms with Crippen molar-refractivity contribution in [1.29, 1.82) is 0 Å². The molecule has 0 bridgehead atoms. The molecule has 0 unspecified atom stereocenters. The van der Waals surface area contributed by atoms with Gasteiger partial charge in [0.2, 0.25) is 6.67 Å². The maximum absolute atomic E-state index is 5.71. The monoisotopic (exact) mass is 611 g/mol. The molecule has 2 heterocycles. The molecule has 36 heavy (non-hydrogen) atoms. The van der Waals surface area contributed by atoms with Gasteiger partial charge in [-0.2, -0.15) is 0 Å².